The van der Waals surface area contributed by atoms with Gasteiger partial charge in [0.2, 0.25) is 0 Å². The summed E-state index contributed by atoms with van der Waals surface area (Å²) in [5.41, 5.74) is 0.507. The van der Waals surface area contributed by atoms with E-state index in [1.165, 1.54) is 38.8 Å². The highest BCUT2D eigenvalue weighted by atomic mass is 15.1. The van der Waals surface area contributed by atoms with Crippen molar-refractivity contribution in [3.63, 3.8) is 0 Å². The van der Waals surface area contributed by atoms with Gasteiger partial charge in [-0.1, -0.05) is 43.2 Å². The van der Waals surface area contributed by atoms with Gasteiger partial charge in [-0.3, -0.25) is 5.32 Å². The summed E-state index contributed by atoms with van der Waals surface area (Å²) in [6.07, 6.45) is 6.13. The zero-order chi connectivity index (χ0) is 14.3. The van der Waals surface area contributed by atoms with Crippen LogP contribution >= 0.6 is 0 Å². The Morgan fingerprint density at radius 1 is 1.15 bits per heavy atom. The fourth-order valence-corrected chi connectivity index (χ4v) is 3.00. The molecule has 20 heavy (non-hydrogen) atoms. The van der Waals surface area contributed by atoms with Gasteiger partial charge in [-0.25, -0.2) is 0 Å². The summed E-state index contributed by atoms with van der Waals surface area (Å²) in [4.78, 5) is 2.51. The molecule has 0 radical (unpaired) electrons. The molecule has 108 valence electrons. The lowest BCUT2D eigenvalue weighted by molar-refractivity contribution is 0.251. The maximum absolute atomic E-state index is 9.68. The second-order valence-corrected chi connectivity index (χ2v) is 5.64. The van der Waals surface area contributed by atoms with Gasteiger partial charge < -0.3 is 4.90 Å². The molecule has 3 heteroatoms. The lowest BCUT2D eigenvalue weighted by Gasteiger charge is -2.30. The molecule has 0 spiro atoms. The average Bonchev–Trinajstić information content (AvgIpc) is 2.79. The van der Waals surface area contributed by atoms with Gasteiger partial charge in [0.25, 0.3) is 0 Å². The fourth-order valence-electron chi connectivity index (χ4n) is 3.00. The molecule has 1 fully saturated rings. The number of nitrogens with zero attached hydrogens (tertiary/aromatic N) is 2. The summed E-state index contributed by atoms with van der Waals surface area (Å²) in [6.45, 7) is 3.35. The molecule has 2 rings (SSSR count). The third-order valence-corrected chi connectivity index (χ3v) is 4.39. The molecule has 3 nitrogen and oxygen atoms in total. The van der Waals surface area contributed by atoms with Crippen LogP contribution in [0.5, 0.6) is 0 Å². The van der Waals surface area contributed by atoms with Crippen molar-refractivity contribution >= 4 is 0 Å². The average molecular weight is 271 g/mol. The Labute approximate surface area is 122 Å². The van der Waals surface area contributed by atoms with Gasteiger partial charge in [0.05, 0.1) is 6.07 Å². The van der Waals surface area contributed by atoms with Crippen molar-refractivity contribution < 1.29 is 0 Å². The third-order valence-electron chi connectivity index (χ3n) is 4.39. The number of benzene rings is 1. The van der Waals surface area contributed by atoms with Gasteiger partial charge in [-0.2, -0.15) is 5.26 Å². The van der Waals surface area contributed by atoms with Crippen LogP contribution in [0.3, 0.4) is 0 Å². The van der Waals surface area contributed by atoms with E-state index in [1.807, 2.05) is 37.4 Å². The molecule has 0 bridgehead atoms. The van der Waals surface area contributed by atoms with Crippen LogP contribution in [-0.2, 0) is 5.54 Å². The normalized spacial score (nSPS) is 19.8. The maximum atomic E-state index is 9.68. The van der Waals surface area contributed by atoms with Gasteiger partial charge in [0, 0.05) is 6.54 Å². The molecule has 1 aromatic carbocycles. The summed E-state index contributed by atoms with van der Waals surface area (Å²) in [5, 5.41) is 12.9. The number of hydrogen-bond acceptors (Lipinski definition) is 3. The van der Waals surface area contributed by atoms with E-state index in [2.05, 4.69) is 16.3 Å². The molecule has 0 saturated carbocycles. The molecule has 1 N–H and O–H groups in total. The predicted octanol–water partition coefficient (Wildman–Crippen LogP) is 2.89. The van der Waals surface area contributed by atoms with Crippen LogP contribution in [0.15, 0.2) is 30.3 Å². The first-order valence-corrected chi connectivity index (χ1v) is 7.69. The van der Waals surface area contributed by atoms with Crippen molar-refractivity contribution in [3.8, 4) is 6.07 Å². The molecule has 0 aromatic heterocycles. The van der Waals surface area contributed by atoms with Gasteiger partial charge >= 0.3 is 0 Å². The van der Waals surface area contributed by atoms with Crippen LogP contribution in [0.1, 0.15) is 37.7 Å². The first-order chi connectivity index (χ1) is 9.80. The van der Waals surface area contributed by atoms with Crippen molar-refractivity contribution in [2.45, 2.75) is 37.6 Å². The summed E-state index contributed by atoms with van der Waals surface area (Å²) in [7, 11) is 1.89. The lowest BCUT2D eigenvalue weighted by atomic mass is 9.88. The van der Waals surface area contributed by atoms with E-state index in [-0.39, 0.29) is 0 Å². The van der Waals surface area contributed by atoms with Crippen LogP contribution in [0.2, 0.25) is 0 Å². The van der Waals surface area contributed by atoms with Gasteiger partial charge in [0.15, 0.2) is 0 Å². The second-order valence-electron chi connectivity index (χ2n) is 5.64. The molecule has 1 unspecified atom stereocenters. The van der Waals surface area contributed by atoms with Crippen LogP contribution < -0.4 is 5.32 Å². The standard InChI is InChI=1S/C17H25N3/c1-19-17(15-18,16-9-5-4-6-10-16)11-14-20-12-7-2-3-8-13-20/h4-6,9-10,19H,2-3,7-8,11-14H2,1H3. The zero-order valence-corrected chi connectivity index (χ0v) is 12.4. The number of nitrogens with one attached hydrogen (secondary N) is 1. The maximum Gasteiger partial charge on any atom is 0.133 e. The summed E-state index contributed by atoms with van der Waals surface area (Å²) in [6, 6.07) is 12.6. The summed E-state index contributed by atoms with van der Waals surface area (Å²) in [5.74, 6) is 0. The molecule has 1 aromatic rings. The topological polar surface area (TPSA) is 39.1 Å². The van der Waals surface area contributed by atoms with E-state index in [9.17, 15) is 5.26 Å². The number of nitriles is 1. The van der Waals surface area contributed by atoms with Crippen molar-refractivity contribution in [2.24, 2.45) is 0 Å². The van der Waals surface area contributed by atoms with E-state index in [0.717, 1.165) is 18.5 Å². The predicted molar refractivity (Wildman–Crippen MR) is 82.3 cm³/mol. The monoisotopic (exact) mass is 271 g/mol. The number of likely N-dealkylation sites (tertiary alicyclic amines) is 1. The molecule has 1 aliphatic rings. The smallest absolute Gasteiger partial charge is 0.133 e. The largest absolute Gasteiger partial charge is 0.303 e. The van der Waals surface area contributed by atoms with E-state index in [1.54, 1.807) is 0 Å². The van der Waals surface area contributed by atoms with Crippen LogP contribution in [0.25, 0.3) is 0 Å². The lowest BCUT2D eigenvalue weighted by Crippen LogP contribution is -2.42. The van der Waals surface area contributed by atoms with E-state index < -0.39 is 5.54 Å². The molecule has 1 atom stereocenters. The Hall–Kier alpha value is -1.37. The summed E-state index contributed by atoms with van der Waals surface area (Å²) >= 11 is 0. The highest BCUT2D eigenvalue weighted by molar-refractivity contribution is 5.31. The van der Waals surface area contributed by atoms with E-state index >= 15 is 0 Å². The van der Waals surface area contributed by atoms with Gasteiger partial charge in [0.1, 0.15) is 5.54 Å². The van der Waals surface area contributed by atoms with Crippen LogP contribution in [-0.4, -0.2) is 31.6 Å². The molecular weight excluding hydrogens is 246 g/mol. The Kier molecular flexibility index (Phi) is 5.58. The van der Waals surface area contributed by atoms with Crippen molar-refractivity contribution in [1.82, 2.24) is 10.2 Å². The highest BCUT2D eigenvalue weighted by Gasteiger charge is 2.30. The Morgan fingerprint density at radius 2 is 1.80 bits per heavy atom. The highest BCUT2D eigenvalue weighted by Crippen LogP contribution is 2.25. The molecule has 1 saturated heterocycles. The Bertz CT molecular complexity index is 429. The van der Waals surface area contributed by atoms with E-state index in [4.69, 9.17) is 0 Å². The quantitative estimate of drug-likeness (QED) is 0.895. The Morgan fingerprint density at radius 3 is 2.35 bits per heavy atom. The first-order valence-electron chi connectivity index (χ1n) is 7.69. The SMILES string of the molecule is CNC(C#N)(CCN1CCCCCC1)c1ccccc1. The van der Waals surface area contributed by atoms with Crippen LogP contribution in [0.4, 0.5) is 0 Å². The molecule has 1 heterocycles. The van der Waals surface area contributed by atoms with Crippen LogP contribution in [0, 0.1) is 11.3 Å². The van der Waals surface area contributed by atoms with Gasteiger partial charge in [-0.05, 0) is 45.0 Å². The molecule has 0 amide bonds. The molecular formula is C17H25N3. The van der Waals surface area contributed by atoms with Gasteiger partial charge in [-0.15, -0.1) is 0 Å². The van der Waals surface area contributed by atoms with Crippen molar-refractivity contribution in [3.05, 3.63) is 35.9 Å². The molecule has 1 aliphatic heterocycles. The van der Waals surface area contributed by atoms with E-state index in [0.29, 0.717) is 0 Å². The third kappa shape index (κ3) is 3.59. The summed E-state index contributed by atoms with van der Waals surface area (Å²) < 4.78 is 0. The fraction of sp³-hybridized carbons (Fsp3) is 0.588. The number of hydrogen-bond donors (Lipinski definition) is 1. The minimum atomic E-state index is -0.562. The van der Waals surface area contributed by atoms with Crippen molar-refractivity contribution in [2.75, 3.05) is 26.7 Å². The first kappa shape index (κ1) is 15.0. The Balaban J connectivity index is 2.04. The number of rotatable bonds is 5. The zero-order valence-electron chi connectivity index (χ0n) is 12.4. The van der Waals surface area contributed by atoms with Crippen molar-refractivity contribution in [1.29, 1.82) is 5.26 Å². The minimum Gasteiger partial charge on any atom is -0.303 e. The second kappa shape index (κ2) is 7.42. The molecule has 0 aliphatic carbocycles. The minimum absolute atomic E-state index is 0.562.